The highest BCUT2D eigenvalue weighted by Gasteiger charge is 2.60. The molecule has 0 aromatic rings. The maximum Gasteiger partial charge on any atom is 0.307 e. The van der Waals surface area contributed by atoms with E-state index >= 15 is 0 Å². The Kier molecular flexibility index (Phi) is 2.21. The average Bonchev–Trinajstić information content (AvgIpc) is 2.77. The highest BCUT2D eigenvalue weighted by Crippen LogP contribution is 2.52. The second-order valence-electron chi connectivity index (χ2n) is 5.15. The summed E-state index contributed by atoms with van der Waals surface area (Å²) in [7, 11) is 0. The number of hydrogen-bond donors (Lipinski definition) is 2. The molecule has 2 N–H and O–H groups in total. The average molecular weight is 210 g/mol. The van der Waals surface area contributed by atoms with Gasteiger partial charge in [0, 0.05) is 25.7 Å². The van der Waals surface area contributed by atoms with Crippen molar-refractivity contribution in [1.29, 1.82) is 0 Å². The molecule has 3 fully saturated rings. The van der Waals surface area contributed by atoms with Crippen molar-refractivity contribution < 1.29 is 9.90 Å². The van der Waals surface area contributed by atoms with E-state index in [4.69, 9.17) is 5.11 Å². The van der Waals surface area contributed by atoms with Crippen LogP contribution in [-0.4, -0.2) is 48.2 Å². The Balaban J connectivity index is 1.54. The molecular weight excluding hydrogens is 192 g/mol. The Morgan fingerprint density at radius 1 is 1.33 bits per heavy atom. The predicted octanol–water partition coefficient (Wildman–Crippen LogP) is 0.000800. The van der Waals surface area contributed by atoms with Crippen LogP contribution < -0.4 is 5.32 Å². The first kappa shape index (κ1) is 9.60. The number of hydrogen-bond acceptors (Lipinski definition) is 3. The van der Waals surface area contributed by atoms with Crippen molar-refractivity contribution in [2.45, 2.75) is 18.9 Å². The van der Waals surface area contributed by atoms with Crippen LogP contribution in [0.25, 0.3) is 0 Å². The van der Waals surface area contributed by atoms with Gasteiger partial charge in [-0.15, -0.1) is 0 Å². The molecule has 0 amide bonds. The molecule has 1 aliphatic carbocycles. The summed E-state index contributed by atoms with van der Waals surface area (Å²) in [4.78, 5) is 13.3. The fourth-order valence-corrected chi connectivity index (χ4v) is 3.37. The molecule has 2 saturated heterocycles. The van der Waals surface area contributed by atoms with Crippen LogP contribution in [0.5, 0.6) is 0 Å². The minimum Gasteiger partial charge on any atom is -0.481 e. The fraction of sp³-hybridized carbons (Fsp3) is 0.909. The molecule has 0 aromatic carbocycles. The van der Waals surface area contributed by atoms with Crippen molar-refractivity contribution in [2.75, 3.05) is 26.2 Å². The predicted molar refractivity (Wildman–Crippen MR) is 55.6 cm³/mol. The van der Waals surface area contributed by atoms with Gasteiger partial charge in [-0.05, 0) is 31.2 Å². The van der Waals surface area contributed by atoms with Gasteiger partial charge in [-0.3, -0.25) is 9.69 Å². The summed E-state index contributed by atoms with van der Waals surface area (Å²) in [6.45, 7) is 4.29. The monoisotopic (exact) mass is 210 g/mol. The number of aliphatic carboxylic acids is 1. The molecule has 4 nitrogen and oxygen atoms in total. The molecule has 15 heavy (non-hydrogen) atoms. The topological polar surface area (TPSA) is 52.6 Å². The summed E-state index contributed by atoms with van der Waals surface area (Å²) in [5.41, 5.74) is 0. The molecule has 0 aromatic heterocycles. The summed E-state index contributed by atoms with van der Waals surface area (Å²) < 4.78 is 0. The third-order valence-corrected chi connectivity index (χ3v) is 4.29. The zero-order valence-electron chi connectivity index (χ0n) is 8.85. The van der Waals surface area contributed by atoms with Crippen molar-refractivity contribution in [3.05, 3.63) is 0 Å². The Labute approximate surface area is 89.6 Å². The van der Waals surface area contributed by atoms with Crippen molar-refractivity contribution in [3.63, 3.8) is 0 Å². The molecular formula is C11H18N2O2. The first-order chi connectivity index (χ1) is 7.27. The third-order valence-electron chi connectivity index (χ3n) is 4.29. The van der Waals surface area contributed by atoms with Crippen LogP contribution >= 0.6 is 0 Å². The van der Waals surface area contributed by atoms with E-state index in [1.807, 2.05) is 0 Å². The SMILES string of the molecule is O=C(O)C1C2CN(C3CCCNC3)CC21. The summed E-state index contributed by atoms with van der Waals surface area (Å²) in [5.74, 6) is 0.332. The van der Waals surface area contributed by atoms with E-state index in [2.05, 4.69) is 10.2 Å². The molecule has 2 aliphatic heterocycles. The Bertz CT molecular complexity index is 264. The number of nitrogens with zero attached hydrogens (tertiary/aromatic N) is 1. The number of rotatable bonds is 2. The largest absolute Gasteiger partial charge is 0.481 e. The van der Waals surface area contributed by atoms with Crippen LogP contribution in [0.15, 0.2) is 0 Å². The lowest BCUT2D eigenvalue weighted by Crippen LogP contribution is -2.46. The van der Waals surface area contributed by atoms with Crippen LogP contribution in [0.4, 0.5) is 0 Å². The highest BCUT2D eigenvalue weighted by molar-refractivity contribution is 5.74. The summed E-state index contributed by atoms with van der Waals surface area (Å²) in [6.07, 6.45) is 2.54. The highest BCUT2D eigenvalue weighted by atomic mass is 16.4. The zero-order chi connectivity index (χ0) is 10.4. The number of fused-ring (bicyclic) bond motifs is 1. The standard InChI is InChI=1S/C11H18N2O2/c14-11(15)10-8-5-13(6-9(8)10)7-2-1-3-12-4-7/h7-10,12H,1-6H2,(H,14,15). The van der Waals surface area contributed by atoms with Gasteiger partial charge in [0.1, 0.15) is 0 Å². The first-order valence-electron chi connectivity index (χ1n) is 5.95. The number of carboxylic acids is 1. The minimum atomic E-state index is -0.577. The first-order valence-corrected chi connectivity index (χ1v) is 5.95. The fourth-order valence-electron chi connectivity index (χ4n) is 3.37. The molecule has 0 bridgehead atoms. The van der Waals surface area contributed by atoms with Gasteiger partial charge in [0.15, 0.2) is 0 Å². The van der Waals surface area contributed by atoms with Crippen molar-refractivity contribution in [3.8, 4) is 0 Å². The number of carboxylic acid groups (broad SMARTS) is 1. The minimum absolute atomic E-state index is 0.0159. The summed E-state index contributed by atoms with van der Waals surface area (Å²) in [5, 5.41) is 12.3. The Morgan fingerprint density at radius 2 is 2.07 bits per heavy atom. The van der Waals surface area contributed by atoms with E-state index in [0.717, 1.165) is 26.2 Å². The lowest BCUT2D eigenvalue weighted by Gasteiger charge is -2.32. The van der Waals surface area contributed by atoms with Gasteiger partial charge in [0.05, 0.1) is 5.92 Å². The second-order valence-corrected chi connectivity index (χ2v) is 5.15. The van der Waals surface area contributed by atoms with E-state index in [-0.39, 0.29) is 5.92 Å². The number of likely N-dealkylation sites (tertiary alicyclic amines) is 1. The normalized spacial score (nSPS) is 45.1. The van der Waals surface area contributed by atoms with E-state index in [9.17, 15) is 4.79 Å². The van der Waals surface area contributed by atoms with Gasteiger partial charge in [-0.25, -0.2) is 0 Å². The quantitative estimate of drug-likeness (QED) is 0.673. The van der Waals surface area contributed by atoms with Gasteiger partial charge < -0.3 is 10.4 Å². The maximum absolute atomic E-state index is 10.8. The van der Waals surface area contributed by atoms with Gasteiger partial charge in [0.25, 0.3) is 0 Å². The van der Waals surface area contributed by atoms with Gasteiger partial charge in [-0.1, -0.05) is 0 Å². The van der Waals surface area contributed by atoms with E-state index < -0.39 is 5.97 Å². The summed E-state index contributed by atoms with van der Waals surface area (Å²) >= 11 is 0. The molecule has 84 valence electrons. The molecule has 3 atom stereocenters. The molecule has 0 radical (unpaired) electrons. The van der Waals surface area contributed by atoms with Crippen LogP contribution in [0.1, 0.15) is 12.8 Å². The maximum atomic E-state index is 10.8. The van der Waals surface area contributed by atoms with Crippen LogP contribution in [0.3, 0.4) is 0 Å². The van der Waals surface area contributed by atoms with E-state index in [1.54, 1.807) is 0 Å². The van der Waals surface area contributed by atoms with Gasteiger partial charge in [0.2, 0.25) is 0 Å². The molecule has 4 heteroatoms. The molecule has 0 spiro atoms. The molecule has 1 saturated carbocycles. The van der Waals surface area contributed by atoms with Crippen LogP contribution in [-0.2, 0) is 4.79 Å². The number of nitrogens with one attached hydrogen (secondary N) is 1. The van der Waals surface area contributed by atoms with Crippen molar-refractivity contribution in [1.82, 2.24) is 10.2 Å². The molecule has 3 aliphatic rings. The molecule has 3 unspecified atom stereocenters. The molecule has 2 heterocycles. The summed E-state index contributed by atoms with van der Waals surface area (Å²) in [6, 6.07) is 0.668. The van der Waals surface area contributed by atoms with E-state index in [0.29, 0.717) is 17.9 Å². The Hall–Kier alpha value is -0.610. The lowest BCUT2D eigenvalue weighted by molar-refractivity contribution is -0.139. The van der Waals surface area contributed by atoms with Crippen LogP contribution in [0, 0.1) is 17.8 Å². The third kappa shape index (κ3) is 1.56. The Morgan fingerprint density at radius 3 is 2.60 bits per heavy atom. The zero-order valence-corrected chi connectivity index (χ0v) is 8.85. The number of carbonyl (C=O) groups is 1. The smallest absolute Gasteiger partial charge is 0.307 e. The van der Waals surface area contributed by atoms with Crippen molar-refractivity contribution >= 4 is 5.97 Å². The van der Waals surface area contributed by atoms with Gasteiger partial charge in [-0.2, -0.15) is 0 Å². The van der Waals surface area contributed by atoms with Crippen molar-refractivity contribution in [2.24, 2.45) is 17.8 Å². The number of piperidine rings is 2. The second kappa shape index (κ2) is 3.46. The lowest BCUT2D eigenvalue weighted by atomic mass is 10.1. The van der Waals surface area contributed by atoms with Crippen LogP contribution in [0.2, 0.25) is 0 Å². The molecule has 3 rings (SSSR count). The van der Waals surface area contributed by atoms with Gasteiger partial charge >= 0.3 is 5.97 Å². The van der Waals surface area contributed by atoms with E-state index in [1.165, 1.54) is 12.8 Å².